The highest BCUT2D eigenvalue weighted by molar-refractivity contribution is 6.51. The van der Waals surface area contributed by atoms with Gasteiger partial charge in [-0.2, -0.15) is 0 Å². The van der Waals surface area contributed by atoms with E-state index in [9.17, 15) is 19.1 Å². The third kappa shape index (κ3) is 3.12. The van der Waals surface area contributed by atoms with Gasteiger partial charge < -0.3 is 14.4 Å². The normalized spacial score (nSPS) is 18.1. The molecule has 0 aliphatic carbocycles. The molecule has 30 heavy (non-hydrogen) atoms. The number of carbonyl (C=O) groups excluding carboxylic acids is 2. The lowest BCUT2D eigenvalue weighted by Crippen LogP contribution is -2.30. The molecule has 1 aliphatic rings. The Morgan fingerprint density at radius 2 is 1.93 bits per heavy atom. The zero-order valence-corrected chi connectivity index (χ0v) is 16.1. The molecule has 1 amide bonds. The van der Waals surface area contributed by atoms with Gasteiger partial charge in [-0.1, -0.05) is 35.5 Å². The molecule has 1 unspecified atom stereocenters. The predicted molar refractivity (Wildman–Crippen MR) is 105 cm³/mol. The van der Waals surface area contributed by atoms with Gasteiger partial charge in [0, 0.05) is 17.2 Å². The fourth-order valence-electron chi connectivity index (χ4n) is 3.45. The van der Waals surface area contributed by atoms with Crippen molar-refractivity contribution in [2.24, 2.45) is 0 Å². The molecular weight excluding hydrogens is 391 g/mol. The minimum atomic E-state index is -1.22. The Kier molecular flexibility index (Phi) is 4.83. The van der Waals surface area contributed by atoms with Crippen LogP contribution in [0.4, 0.5) is 10.2 Å². The number of ether oxygens (including phenoxy) is 1. The molecule has 4 rings (SSSR count). The Labute approximate surface area is 171 Å². The maximum atomic E-state index is 14.7. The summed E-state index contributed by atoms with van der Waals surface area (Å²) in [5, 5.41) is 14.8. The van der Waals surface area contributed by atoms with Crippen molar-refractivity contribution in [3.05, 3.63) is 82.9 Å². The Hall–Kier alpha value is -3.94. The van der Waals surface area contributed by atoms with Crippen molar-refractivity contribution in [3.63, 3.8) is 0 Å². The van der Waals surface area contributed by atoms with Crippen molar-refractivity contribution in [3.8, 4) is 5.75 Å². The van der Waals surface area contributed by atoms with E-state index in [1.165, 1.54) is 37.4 Å². The van der Waals surface area contributed by atoms with Crippen LogP contribution in [-0.2, 0) is 9.59 Å². The van der Waals surface area contributed by atoms with Crippen LogP contribution in [-0.4, -0.2) is 29.1 Å². The van der Waals surface area contributed by atoms with Crippen molar-refractivity contribution in [2.45, 2.75) is 13.0 Å². The number of aryl methyl sites for hydroxylation is 1. The summed E-state index contributed by atoms with van der Waals surface area (Å²) in [5.41, 5.74) is 0.0471. The molecule has 0 spiro atoms. The summed E-state index contributed by atoms with van der Waals surface area (Å²) in [4.78, 5) is 26.9. The quantitative estimate of drug-likeness (QED) is 0.401. The summed E-state index contributed by atoms with van der Waals surface area (Å²) < 4.78 is 24.9. The molecular formula is C22H17FN2O5. The molecule has 0 saturated carbocycles. The van der Waals surface area contributed by atoms with Crippen LogP contribution < -0.4 is 9.64 Å². The molecule has 1 aromatic heterocycles. The van der Waals surface area contributed by atoms with Crippen LogP contribution in [0.15, 0.2) is 64.7 Å². The van der Waals surface area contributed by atoms with Gasteiger partial charge in [-0.3, -0.25) is 14.5 Å². The van der Waals surface area contributed by atoms with Crippen molar-refractivity contribution >= 4 is 23.3 Å². The van der Waals surface area contributed by atoms with Gasteiger partial charge in [0.2, 0.25) is 0 Å². The van der Waals surface area contributed by atoms with Gasteiger partial charge in [-0.05, 0) is 25.1 Å². The largest absolute Gasteiger partial charge is 0.507 e. The van der Waals surface area contributed by atoms with Gasteiger partial charge >= 0.3 is 5.91 Å². The van der Waals surface area contributed by atoms with E-state index in [0.29, 0.717) is 11.5 Å². The van der Waals surface area contributed by atoms with E-state index >= 15 is 0 Å². The first-order chi connectivity index (χ1) is 14.4. The van der Waals surface area contributed by atoms with Crippen LogP contribution in [0.3, 0.4) is 0 Å². The van der Waals surface area contributed by atoms with Crippen molar-refractivity contribution < 1.29 is 28.3 Å². The van der Waals surface area contributed by atoms with Crippen molar-refractivity contribution in [1.29, 1.82) is 0 Å². The third-order valence-electron chi connectivity index (χ3n) is 4.85. The van der Waals surface area contributed by atoms with Gasteiger partial charge in [0.05, 0.1) is 18.7 Å². The molecule has 1 N–H and O–H groups in total. The number of nitrogens with zero attached hydrogens (tertiary/aromatic N) is 2. The fourth-order valence-corrected chi connectivity index (χ4v) is 3.45. The number of rotatable bonds is 4. The molecule has 1 aliphatic heterocycles. The van der Waals surface area contributed by atoms with Gasteiger partial charge in [-0.15, -0.1) is 0 Å². The highest BCUT2D eigenvalue weighted by Gasteiger charge is 2.48. The van der Waals surface area contributed by atoms with Crippen LogP contribution in [0.2, 0.25) is 0 Å². The number of benzene rings is 2. The van der Waals surface area contributed by atoms with E-state index in [1.807, 2.05) is 0 Å². The van der Waals surface area contributed by atoms with E-state index in [4.69, 9.17) is 9.26 Å². The number of halogens is 1. The molecule has 1 fully saturated rings. The zero-order chi connectivity index (χ0) is 21.4. The SMILES string of the molecule is COc1cccc(C(O)=C2C(=O)C(=O)N(c3cc(C)on3)C2c2ccccc2F)c1. The summed E-state index contributed by atoms with van der Waals surface area (Å²) in [6, 6.07) is 12.4. The number of carbonyl (C=O) groups is 2. The van der Waals surface area contributed by atoms with Crippen molar-refractivity contribution in [2.75, 3.05) is 12.0 Å². The number of anilines is 1. The predicted octanol–water partition coefficient (Wildman–Crippen LogP) is 3.76. The number of ketones is 1. The summed E-state index contributed by atoms with van der Waals surface area (Å²) in [5.74, 6) is -2.07. The monoisotopic (exact) mass is 408 g/mol. The number of Topliss-reactive ketones (excluding diaryl/α,β-unsaturated/α-hetero) is 1. The topological polar surface area (TPSA) is 92.9 Å². The molecule has 2 heterocycles. The summed E-state index contributed by atoms with van der Waals surface area (Å²) in [7, 11) is 1.46. The standard InChI is InChI=1S/C22H17FN2O5/c1-12-10-17(24-30-12)25-19(15-8-3-4-9-16(15)23)18(21(27)22(25)28)20(26)13-6-5-7-14(11-13)29-2/h3-11,19,26H,1-2H3. The van der Waals surface area contributed by atoms with E-state index in [-0.39, 0.29) is 22.5 Å². The minimum absolute atomic E-state index is 0.0433. The van der Waals surface area contributed by atoms with Crippen LogP contribution in [0.1, 0.15) is 22.9 Å². The lowest BCUT2D eigenvalue weighted by atomic mass is 9.95. The van der Waals surface area contributed by atoms with Gasteiger partial charge in [-0.25, -0.2) is 4.39 Å². The number of amides is 1. The van der Waals surface area contributed by atoms with Crippen LogP contribution in [0.5, 0.6) is 5.75 Å². The lowest BCUT2D eigenvalue weighted by molar-refractivity contribution is -0.132. The second-order valence-corrected chi connectivity index (χ2v) is 6.72. The second-order valence-electron chi connectivity index (χ2n) is 6.72. The molecule has 1 atom stereocenters. The first kappa shape index (κ1) is 19.4. The third-order valence-corrected chi connectivity index (χ3v) is 4.85. The number of hydrogen-bond donors (Lipinski definition) is 1. The molecule has 0 radical (unpaired) electrons. The molecule has 152 valence electrons. The van der Waals surface area contributed by atoms with Gasteiger partial charge in [0.25, 0.3) is 5.78 Å². The molecule has 3 aromatic rings. The average Bonchev–Trinajstić information content (AvgIpc) is 3.29. The molecule has 2 aromatic carbocycles. The minimum Gasteiger partial charge on any atom is -0.507 e. The van der Waals surface area contributed by atoms with E-state index in [0.717, 1.165) is 4.90 Å². The maximum Gasteiger partial charge on any atom is 0.301 e. The molecule has 1 saturated heterocycles. The zero-order valence-electron chi connectivity index (χ0n) is 16.1. The van der Waals surface area contributed by atoms with E-state index in [2.05, 4.69) is 5.16 Å². The first-order valence-electron chi connectivity index (χ1n) is 9.05. The molecule has 7 nitrogen and oxygen atoms in total. The number of aliphatic hydroxyl groups is 1. The smallest absolute Gasteiger partial charge is 0.301 e. The molecule has 8 heteroatoms. The van der Waals surface area contributed by atoms with Gasteiger partial charge in [0.15, 0.2) is 5.82 Å². The van der Waals surface area contributed by atoms with Crippen LogP contribution >= 0.6 is 0 Å². The fraction of sp³-hybridized carbons (Fsp3) is 0.136. The van der Waals surface area contributed by atoms with Crippen LogP contribution in [0, 0.1) is 12.7 Å². The lowest BCUT2D eigenvalue weighted by Gasteiger charge is -2.23. The summed E-state index contributed by atoms with van der Waals surface area (Å²) in [6.07, 6.45) is 0. The highest BCUT2D eigenvalue weighted by atomic mass is 19.1. The van der Waals surface area contributed by atoms with Crippen molar-refractivity contribution in [1.82, 2.24) is 5.16 Å². The Bertz CT molecular complexity index is 1180. The number of methoxy groups -OCH3 is 1. The Balaban J connectivity index is 1.97. The summed E-state index contributed by atoms with van der Waals surface area (Å²) >= 11 is 0. The second kappa shape index (κ2) is 7.47. The van der Waals surface area contributed by atoms with Crippen LogP contribution in [0.25, 0.3) is 5.76 Å². The first-order valence-corrected chi connectivity index (χ1v) is 9.05. The van der Waals surface area contributed by atoms with Gasteiger partial charge in [0.1, 0.15) is 23.1 Å². The van der Waals surface area contributed by atoms with E-state index < -0.39 is 29.3 Å². The number of hydrogen-bond acceptors (Lipinski definition) is 6. The average molecular weight is 408 g/mol. The highest BCUT2D eigenvalue weighted by Crippen LogP contribution is 2.42. The Morgan fingerprint density at radius 3 is 2.60 bits per heavy atom. The number of aliphatic hydroxyl groups excluding tert-OH is 1. The summed E-state index contributed by atoms with van der Waals surface area (Å²) in [6.45, 7) is 1.63. The maximum absolute atomic E-state index is 14.7. The van der Waals surface area contributed by atoms with E-state index in [1.54, 1.807) is 31.2 Å². The Morgan fingerprint density at radius 1 is 1.17 bits per heavy atom. The number of aromatic nitrogens is 1. The molecule has 0 bridgehead atoms.